The molecule has 25 heavy (non-hydrogen) atoms. The maximum Gasteiger partial charge on any atom is 0.267 e. The molecule has 3 aromatic rings. The summed E-state index contributed by atoms with van der Waals surface area (Å²) in [5.74, 6) is -0.947. The van der Waals surface area contributed by atoms with Gasteiger partial charge < -0.3 is 14.6 Å². The van der Waals surface area contributed by atoms with Gasteiger partial charge in [0.15, 0.2) is 0 Å². The maximum absolute atomic E-state index is 13.0. The summed E-state index contributed by atoms with van der Waals surface area (Å²) in [5.41, 5.74) is 0.269. The Morgan fingerprint density at radius 3 is 2.48 bits per heavy atom. The molecule has 0 bridgehead atoms. The van der Waals surface area contributed by atoms with Crippen LogP contribution in [-0.4, -0.2) is 22.1 Å². The Morgan fingerprint density at radius 2 is 1.84 bits per heavy atom. The molecule has 0 aliphatic heterocycles. The van der Waals surface area contributed by atoms with Gasteiger partial charge in [-0.3, -0.25) is 9.59 Å². The molecular weight excluding hydrogens is 346 g/mol. The summed E-state index contributed by atoms with van der Waals surface area (Å²) in [7, 11) is 1.55. The third-order valence-electron chi connectivity index (χ3n) is 4.19. The summed E-state index contributed by atoms with van der Waals surface area (Å²) in [6.07, 6.45) is 0. The van der Waals surface area contributed by atoms with Gasteiger partial charge in [-0.25, -0.2) is 0 Å². The molecule has 0 saturated heterocycles. The zero-order valence-electron chi connectivity index (χ0n) is 13.9. The number of amides is 1. The molecule has 0 fully saturated rings. The largest absolute Gasteiger partial charge is 0.506 e. The minimum atomic E-state index is -0.563. The highest BCUT2D eigenvalue weighted by Crippen LogP contribution is 2.33. The van der Waals surface area contributed by atoms with Crippen LogP contribution in [0.5, 0.6) is 5.75 Å². The van der Waals surface area contributed by atoms with Crippen molar-refractivity contribution in [3.63, 3.8) is 0 Å². The monoisotopic (exact) mass is 362 g/mol. The van der Waals surface area contributed by atoms with Gasteiger partial charge in [-0.2, -0.15) is 0 Å². The molecule has 128 valence electrons. The minimum absolute atomic E-state index is 0.280. The maximum atomic E-state index is 13.0. The van der Waals surface area contributed by atoms with Gasteiger partial charge >= 0.3 is 0 Å². The lowest BCUT2D eigenvalue weighted by atomic mass is 10.1. The number of carbonyl (C=O) groups is 1. The van der Waals surface area contributed by atoms with Crippen LogP contribution in [0, 0.1) is 0 Å². The first-order valence-corrected chi connectivity index (χ1v) is 8.22. The van der Waals surface area contributed by atoms with E-state index in [1.54, 1.807) is 56.4 Å². The minimum Gasteiger partial charge on any atom is -0.506 e. The van der Waals surface area contributed by atoms with Gasteiger partial charge in [0.2, 0.25) is 0 Å². The van der Waals surface area contributed by atoms with Crippen molar-refractivity contribution in [1.82, 2.24) is 4.57 Å². The first-order valence-electron chi connectivity index (χ1n) is 7.84. The highest BCUT2D eigenvalue weighted by molar-refractivity contribution is 6.36. The molecule has 1 N–H and O–H groups in total. The molecule has 1 amide bonds. The number of halogens is 1. The molecule has 0 atom stereocenters. The van der Waals surface area contributed by atoms with Crippen LogP contribution in [0.1, 0.15) is 17.3 Å². The summed E-state index contributed by atoms with van der Waals surface area (Å²) >= 11 is 6.19. The Labute approximate surface area is 149 Å². The highest BCUT2D eigenvalue weighted by atomic mass is 35.5. The van der Waals surface area contributed by atoms with Gasteiger partial charge in [0.1, 0.15) is 11.3 Å². The molecule has 1 heterocycles. The molecular formula is C19H17ClN2O3. The number of rotatable bonds is 3. The highest BCUT2D eigenvalue weighted by Gasteiger charge is 2.26. The van der Waals surface area contributed by atoms with Crippen LogP contribution in [0.2, 0.25) is 5.02 Å². The van der Waals surface area contributed by atoms with Crippen LogP contribution in [-0.2, 0) is 7.05 Å². The zero-order chi connectivity index (χ0) is 18.1. The number of fused-ring (bicyclic) bond motifs is 1. The third-order valence-corrected chi connectivity index (χ3v) is 4.50. The fourth-order valence-electron chi connectivity index (χ4n) is 2.91. The Morgan fingerprint density at radius 1 is 1.16 bits per heavy atom. The van der Waals surface area contributed by atoms with Crippen molar-refractivity contribution in [2.24, 2.45) is 7.05 Å². The average molecular weight is 363 g/mol. The lowest BCUT2D eigenvalue weighted by Gasteiger charge is -2.22. The Hall–Kier alpha value is -2.79. The van der Waals surface area contributed by atoms with Crippen LogP contribution >= 0.6 is 11.6 Å². The summed E-state index contributed by atoms with van der Waals surface area (Å²) < 4.78 is 1.33. The molecule has 0 aliphatic carbocycles. The van der Waals surface area contributed by atoms with Crippen molar-refractivity contribution in [2.75, 3.05) is 11.4 Å². The smallest absolute Gasteiger partial charge is 0.267 e. The fourth-order valence-corrected chi connectivity index (χ4v) is 3.17. The van der Waals surface area contributed by atoms with Gasteiger partial charge in [0.05, 0.1) is 15.9 Å². The normalized spacial score (nSPS) is 10.8. The Balaban J connectivity index is 2.27. The molecule has 0 aliphatic rings. The number of aryl methyl sites for hydroxylation is 1. The predicted octanol–water partition coefficient (Wildman–Crippen LogP) is 3.56. The van der Waals surface area contributed by atoms with Crippen molar-refractivity contribution >= 4 is 34.1 Å². The number of carbonyl (C=O) groups excluding carboxylic acids is 1. The number of anilines is 1. The molecule has 3 rings (SSSR count). The van der Waals surface area contributed by atoms with E-state index >= 15 is 0 Å². The molecule has 2 aromatic carbocycles. The van der Waals surface area contributed by atoms with E-state index in [0.29, 0.717) is 23.1 Å². The van der Waals surface area contributed by atoms with Gasteiger partial charge in [0.25, 0.3) is 11.5 Å². The second-order valence-corrected chi connectivity index (χ2v) is 6.01. The van der Waals surface area contributed by atoms with E-state index in [0.717, 1.165) is 0 Å². The average Bonchev–Trinajstić information content (AvgIpc) is 2.61. The first kappa shape index (κ1) is 17.0. The van der Waals surface area contributed by atoms with Crippen LogP contribution in [0.25, 0.3) is 10.9 Å². The predicted molar refractivity (Wildman–Crippen MR) is 99.7 cm³/mol. The van der Waals surface area contributed by atoms with E-state index < -0.39 is 11.5 Å². The number of aromatic hydroxyl groups is 1. The van der Waals surface area contributed by atoms with E-state index in [2.05, 4.69) is 0 Å². The van der Waals surface area contributed by atoms with E-state index in [1.165, 1.54) is 9.47 Å². The van der Waals surface area contributed by atoms with Crippen molar-refractivity contribution in [2.45, 2.75) is 6.92 Å². The molecule has 6 heteroatoms. The lowest BCUT2D eigenvalue weighted by molar-refractivity contribution is 0.0984. The number of hydrogen-bond acceptors (Lipinski definition) is 3. The van der Waals surface area contributed by atoms with E-state index in [9.17, 15) is 14.7 Å². The summed E-state index contributed by atoms with van der Waals surface area (Å²) in [5, 5.41) is 11.2. The van der Waals surface area contributed by atoms with Gasteiger partial charge in [-0.15, -0.1) is 0 Å². The number of para-hydroxylation sites is 1. The lowest BCUT2D eigenvalue weighted by Crippen LogP contribution is -2.36. The number of benzene rings is 2. The molecule has 0 spiro atoms. The molecule has 1 aromatic heterocycles. The van der Waals surface area contributed by atoms with Gasteiger partial charge in [0, 0.05) is 19.3 Å². The Bertz CT molecular complexity index is 1010. The second-order valence-electron chi connectivity index (χ2n) is 5.61. The number of aromatic nitrogens is 1. The van der Waals surface area contributed by atoms with Crippen LogP contribution in [0.4, 0.5) is 5.69 Å². The summed E-state index contributed by atoms with van der Waals surface area (Å²) in [6, 6.07) is 14.0. The summed E-state index contributed by atoms with van der Waals surface area (Å²) in [4.78, 5) is 27.2. The number of hydrogen-bond donors (Lipinski definition) is 1. The molecule has 5 nitrogen and oxygen atoms in total. The fraction of sp³-hybridized carbons (Fsp3) is 0.158. The van der Waals surface area contributed by atoms with Crippen LogP contribution < -0.4 is 10.5 Å². The van der Waals surface area contributed by atoms with Crippen LogP contribution in [0.3, 0.4) is 0 Å². The van der Waals surface area contributed by atoms with Crippen molar-refractivity contribution in [3.05, 3.63) is 69.5 Å². The molecule has 0 saturated carbocycles. The standard InChI is InChI=1S/C19H17ClN2O3/c1-3-22(12-8-5-4-6-9-12)19(25)16-17(23)15-13(20)10-7-11-14(15)21(2)18(16)24/h4-11,23H,3H2,1-2H3/i4+1,5+1,6+1,8+1,9+1,12+1. The molecule has 0 radical (unpaired) electrons. The Kier molecular flexibility index (Phi) is 4.51. The quantitative estimate of drug-likeness (QED) is 0.774. The van der Waals surface area contributed by atoms with Crippen molar-refractivity contribution in [3.8, 4) is 5.75 Å². The first-order chi connectivity index (χ1) is 12.0. The third kappa shape index (κ3) is 2.76. The zero-order valence-corrected chi connectivity index (χ0v) is 14.6. The van der Waals surface area contributed by atoms with Gasteiger partial charge in [-0.05, 0) is 31.2 Å². The SMILES string of the molecule is CCN(C(=O)c1c(O)c2c(Cl)cccc2n(C)c1=O)[13c]1[13cH][13cH][13cH][13cH][13cH]1. The van der Waals surface area contributed by atoms with Gasteiger partial charge in [-0.1, -0.05) is 35.9 Å². The second kappa shape index (κ2) is 6.61. The topological polar surface area (TPSA) is 62.5 Å². The van der Waals surface area contributed by atoms with Crippen molar-refractivity contribution in [1.29, 1.82) is 0 Å². The number of pyridine rings is 1. The van der Waals surface area contributed by atoms with E-state index in [4.69, 9.17) is 11.6 Å². The van der Waals surface area contributed by atoms with Crippen LogP contribution in [0.15, 0.2) is 53.3 Å². The van der Waals surface area contributed by atoms with Crippen molar-refractivity contribution < 1.29 is 9.90 Å². The molecule has 0 unspecified atom stereocenters. The summed E-state index contributed by atoms with van der Waals surface area (Å²) in [6.45, 7) is 2.16. The number of nitrogens with zero attached hydrogens (tertiary/aromatic N) is 2. The van der Waals surface area contributed by atoms with E-state index in [1.807, 2.05) is 6.07 Å². The van der Waals surface area contributed by atoms with E-state index in [-0.39, 0.29) is 16.3 Å².